The first-order valence-corrected chi connectivity index (χ1v) is 1.75. The van der Waals surface area contributed by atoms with Crippen LogP contribution >= 0.6 is 0 Å². The third-order valence-electron chi connectivity index (χ3n) is 0.518. The van der Waals surface area contributed by atoms with Crippen molar-refractivity contribution in [3.63, 3.8) is 0 Å². The molecule has 1 N–H and O–H groups in total. The SMILES string of the molecule is OCn1ncnn1. The first-order chi connectivity index (χ1) is 3.43. The second kappa shape index (κ2) is 1.65. The van der Waals surface area contributed by atoms with Crippen LogP contribution in [0.2, 0.25) is 0 Å². The Labute approximate surface area is 39.6 Å². The number of aliphatic hydroxyl groups is 1. The average Bonchev–Trinajstić information content (AvgIpc) is 2.14. The van der Waals surface area contributed by atoms with Gasteiger partial charge in [-0.05, 0) is 5.21 Å². The van der Waals surface area contributed by atoms with Crippen LogP contribution in [0.5, 0.6) is 0 Å². The molecule has 38 valence electrons. The second-order valence-electron chi connectivity index (χ2n) is 0.950. The summed E-state index contributed by atoms with van der Waals surface area (Å²) >= 11 is 0. The third kappa shape index (κ3) is 0.716. The van der Waals surface area contributed by atoms with Gasteiger partial charge in [0.15, 0.2) is 13.1 Å². The Hall–Kier alpha value is -0.970. The lowest BCUT2D eigenvalue weighted by Crippen LogP contribution is -2.00. The van der Waals surface area contributed by atoms with E-state index < -0.39 is 0 Å². The lowest BCUT2D eigenvalue weighted by atomic mass is 11.3. The van der Waals surface area contributed by atoms with Gasteiger partial charge in [0.1, 0.15) is 0 Å². The second-order valence-corrected chi connectivity index (χ2v) is 0.950. The topological polar surface area (TPSA) is 63.8 Å². The van der Waals surface area contributed by atoms with Crippen molar-refractivity contribution in [1.82, 2.24) is 20.2 Å². The molecule has 1 rings (SSSR count). The smallest absolute Gasteiger partial charge is 0.162 e. The van der Waals surface area contributed by atoms with Crippen LogP contribution in [0.15, 0.2) is 6.33 Å². The molecule has 0 saturated carbocycles. The molecule has 0 aromatic carbocycles. The van der Waals surface area contributed by atoms with E-state index in [1.165, 1.54) is 6.33 Å². The first-order valence-electron chi connectivity index (χ1n) is 1.75. The first kappa shape index (κ1) is 4.20. The van der Waals surface area contributed by atoms with Crippen molar-refractivity contribution in [3.05, 3.63) is 6.33 Å². The molecule has 0 spiro atoms. The Balaban J connectivity index is 2.76. The summed E-state index contributed by atoms with van der Waals surface area (Å²) in [4.78, 5) is 1.07. The van der Waals surface area contributed by atoms with Gasteiger partial charge >= 0.3 is 0 Å². The Bertz CT molecular complexity index is 124. The summed E-state index contributed by atoms with van der Waals surface area (Å²) in [5.74, 6) is 0. The van der Waals surface area contributed by atoms with Crippen molar-refractivity contribution in [2.24, 2.45) is 0 Å². The summed E-state index contributed by atoms with van der Waals surface area (Å²) in [6.07, 6.45) is 1.26. The van der Waals surface area contributed by atoms with Crippen molar-refractivity contribution >= 4 is 0 Å². The van der Waals surface area contributed by atoms with Crippen molar-refractivity contribution < 1.29 is 5.11 Å². The zero-order chi connectivity index (χ0) is 5.11. The summed E-state index contributed by atoms with van der Waals surface area (Å²) in [7, 11) is 0. The van der Waals surface area contributed by atoms with E-state index in [-0.39, 0.29) is 6.73 Å². The van der Waals surface area contributed by atoms with Gasteiger partial charge in [-0.25, -0.2) is 0 Å². The molecule has 0 unspecified atom stereocenters. The van der Waals surface area contributed by atoms with Crippen molar-refractivity contribution in [1.29, 1.82) is 0 Å². The van der Waals surface area contributed by atoms with E-state index in [0.29, 0.717) is 0 Å². The highest BCUT2D eigenvalue weighted by Crippen LogP contribution is 1.64. The van der Waals surface area contributed by atoms with Gasteiger partial charge in [0.2, 0.25) is 0 Å². The molecule has 0 saturated heterocycles. The lowest BCUT2D eigenvalue weighted by molar-refractivity contribution is 0.175. The van der Waals surface area contributed by atoms with Crippen LogP contribution in [0.1, 0.15) is 0 Å². The fraction of sp³-hybridized carbons (Fsp3) is 0.500. The zero-order valence-electron chi connectivity index (χ0n) is 3.52. The molecule has 1 heterocycles. The largest absolute Gasteiger partial charge is 0.373 e. The monoisotopic (exact) mass is 100 g/mol. The number of aliphatic hydroxyl groups excluding tert-OH is 1. The van der Waals surface area contributed by atoms with Crippen LogP contribution in [-0.2, 0) is 6.73 Å². The minimum Gasteiger partial charge on any atom is -0.373 e. The highest BCUT2D eigenvalue weighted by molar-refractivity contribution is 4.31. The van der Waals surface area contributed by atoms with Crippen molar-refractivity contribution in [2.75, 3.05) is 0 Å². The third-order valence-corrected chi connectivity index (χ3v) is 0.518. The minimum atomic E-state index is -0.208. The predicted molar refractivity (Wildman–Crippen MR) is 20.0 cm³/mol. The van der Waals surface area contributed by atoms with Gasteiger partial charge in [0.25, 0.3) is 0 Å². The van der Waals surface area contributed by atoms with E-state index in [4.69, 9.17) is 5.11 Å². The van der Waals surface area contributed by atoms with E-state index in [2.05, 4.69) is 15.4 Å². The molecule has 0 radical (unpaired) electrons. The fourth-order valence-electron chi connectivity index (χ4n) is 0.253. The Morgan fingerprint density at radius 2 is 2.57 bits per heavy atom. The number of nitrogens with zero attached hydrogens (tertiary/aromatic N) is 4. The van der Waals surface area contributed by atoms with E-state index in [9.17, 15) is 0 Å². The maximum Gasteiger partial charge on any atom is 0.162 e. The molecular formula is C2H4N4O. The number of hydrogen-bond donors (Lipinski definition) is 1. The zero-order valence-corrected chi connectivity index (χ0v) is 3.52. The van der Waals surface area contributed by atoms with Crippen LogP contribution < -0.4 is 0 Å². The van der Waals surface area contributed by atoms with Gasteiger partial charge in [0, 0.05) is 0 Å². The lowest BCUT2D eigenvalue weighted by Gasteiger charge is -1.82. The van der Waals surface area contributed by atoms with Crippen LogP contribution in [0.4, 0.5) is 0 Å². The quantitative estimate of drug-likeness (QED) is 0.472. The summed E-state index contributed by atoms with van der Waals surface area (Å²) in [5, 5.41) is 18.4. The normalized spacial score (nSPS) is 9.29. The number of rotatable bonds is 1. The predicted octanol–water partition coefficient (Wildman–Crippen LogP) is -1.38. The molecule has 0 amide bonds. The van der Waals surface area contributed by atoms with E-state index in [1.54, 1.807) is 0 Å². The van der Waals surface area contributed by atoms with Gasteiger partial charge < -0.3 is 5.11 Å². The molecule has 0 aliphatic heterocycles. The molecular weight excluding hydrogens is 96.0 g/mol. The maximum atomic E-state index is 8.22. The molecule has 1 aromatic heterocycles. The summed E-state index contributed by atoms with van der Waals surface area (Å²) < 4.78 is 0. The summed E-state index contributed by atoms with van der Waals surface area (Å²) in [6, 6.07) is 0. The Morgan fingerprint density at radius 3 is 2.86 bits per heavy atom. The highest BCUT2D eigenvalue weighted by Gasteiger charge is 1.81. The summed E-state index contributed by atoms with van der Waals surface area (Å²) in [6.45, 7) is -0.208. The minimum absolute atomic E-state index is 0.208. The van der Waals surface area contributed by atoms with E-state index >= 15 is 0 Å². The molecule has 5 nitrogen and oxygen atoms in total. The molecule has 5 heteroatoms. The van der Waals surface area contributed by atoms with Gasteiger partial charge in [-0.15, -0.1) is 15.0 Å². The molecule has 0 aliphatic rings. The van der Waals surface area contributed by atoms with Crippen LogP contribution in [0.3, 0.4) is 0 Å². The molecule has 7 heavy (non-hydrogen) atoms. The molecule has 0 fully saturated rings. The Morgan fingerprint density at radius 1 is 1.71 bits per heavy atom. The standard InChI is InChI=1S/C2H4N4O/c7-2-6-4-1-3-5-6/h1,7H,2H2. The van der Waals surface area contributed by atoms with Crippen LogP contribution in [-0.4, -0.2) is 25.3 Å². The van der Waals surface area contributed by atoms with Crippen LogP contribution in [0.25, 0.3) is 0 Å². The van der Waals surface area contributed by atoms with Gasteiger partial charge in [0.05, 0.1) is 0 Å². The fourth-order valence-corrected chi connectivity index (χ4v) is 0.253. The van der Waals surface area contributed by atoms with Crippen molar-refractivity contribution in [3.8, 4) is 0 Å². The van der Waals surface area contributed by atoms with Gasteiger partial charge in [-0.3, -0.25) is 0 Å². The van der Waals surface area contributed by atoms with E-state index in [1.807, 2.05) is 0 Å². The number of aromatic nitrogens is 4. The molecule has 1 aromatic rings. The number of tetrazole rings is 1. The average molecular weight is 100 g/mol. The van der Waals surface area contributed by atoms with Gasteiger partial charge in [-0.2, -0.15) is 0 Å². The molecule has 0 aliphatic carbocycles. The van der Waals surface area contributed by atoms with Gasteiger partial charge in [-0.1, -0.05) is 0 Å². The van der Waals surface area contributed by atoms with Crippen LogP contribution in [0, 0.1) is 0 Å². The molecule has 0 atom stereocenters. The number of hydrogen-bond acceptors (Lipinski definition) is 4. The highest BCUT2D eigenvalue weighted by atomic mass is 16.3. The summed E-state index contributed by atoms with van der Waals surface area (Å²) in [5.41, 5.74) is 0. The molecule has 0 bridgehead atoms. The Kier molecular flexibility index (Phi) is 0.991. The van der Waals surface area contributed by atoms with E-state index in [0.717, 1.165) is 4.80 Å². The maximum absolute atomic E-state index is 8.22. The van der Waals surface area contributed by atoms with Crippen molar-refractivity contribution in [2.45, 2.75) is 6.73 Å².